The maximum absolute atomic E-state index is 15.1. The highest BCUT2D eigenvalue weighted by Gasteiger charge is 2.39. The number of methoxy groups -OCH3 is 1. The molecule has 1 unspecified atom stereocenters. The molecule has 1 aromatic heterocycles. The van der Waals surface area contributed by atoms with Crippen LogP contribution in [0.25, 0.3) is 10.9 Å². The standard InChI is InChI=1S/C29H22ClF2N5O5/c1-41-23-10-21-17(27(34-13-33-21)35-20-4-2-3-18(30)26(20)32)9-24(23)42-12-15-7-14-11-37(29(40)16(14)8-19(15)31)22-5-6-25(38)36-28(22)39/h2-4,7-10,13,22H,5-6,11-12H2,1H3,(H,33,34,35)(H,36,38,39). The molecule has 1 atom stereocenters. The summed E-state index contributed by atoms with van der Waals surface area (Å²) in [6, 6.07) is 9.60. The van der Waals surface area contributed by atoms with Gasteiger partial charge in [0.15, 0.2) is 17.3 Å². The van der Waals surface area contributed by atoms with Crippen LogP contribution in [0.1, 0.15) is 34.3 Å². The number of ether oxygens (including phenoxy) is 2. The quantitative estimate of drug-likeness (QED) is 0.297. The van der Waals surface area contributed by atoms with E-state index in [9.17, 15) is 18.8 Å². The normalized spacial score (nSPS) is 16.4. The van der Waals surface area contributed by atoms with Crippen LogP contribution in [-0.4, -0.2) is 45.7 Å². The van der Waals surface area contributed by atoms with E-state index >= 15 is 4.39 Å². The summed E-state index contributed by atoms with van der Waals surface area (Å²) in [6.07, 6.45) is 1.63. The van der Waals surface area contributed by atoms with Gasteiger partial charge in [0.1, 0.15) is 30.6 Å². The fourth-order valence-corrected chi connectivity index (χ4v) is 5.24. The van der Waals surface area contributed by atoms with Crippen molar-refractivity contribution in [1.29, 1.82) is 0 Å². The minimum absolute atomic E-state index is 0.0534. The molecule has 3 aromatic carbocycles. The van der Waals surface area contributed by atoms with Gasteiger partial charge in [-0.05, 0) is 42.3 Å². The Hall–Kier alpha value is -4.84. The van der Waals surface area contributed by atoms with E-state index < -0.39 is 29.5 Å². The minimum Gasteiger partial charge on any atom is -0.493 e. The van der Waals surface area contributed by atoms with Gasteiger partial charge in [0.2, 0.25) is 11.8 Å². The zero-order valence-electron chi connectivity index (χ0n) is 22.0. The molecule has 0 spiro atoms. The third kappa shape index (κ3) is 4.94. The predicted octanol–water partition coefficient (Wildman–Crippen LogP) is 4.65. The van der Waals surface area contributed by atoms with E-state index in [2.05, 4.69) is 20.6 Å². The third-order valence-corrected chi connectivity index (χ3v) is 7.49. The summed E-state index contributed by atoms with van der Waals surface area (Å²) >= 11 is 5.91. The molecule has 0 saturated carbocycles. The first kappa shape index (κ1) is 27.3. The number of rotatable bonds is 7. The van der Waals surface area contributed by atoms with Gasteiger partial charge in [0, 0.05) is 35.5 Å². The van der Waals surface area contributed by atoms with Gasteiger partial charge < -0.3 is 19.7 Å². The zero-order chi connectivity index (χ0) is 29.5. The van der Waals surface area contributed by atoms with Crippen LogP contribution in [0.4, 0.5) is 20.3 Å². The Labute approximate surface area is 242 Å². The highest BCUT2D eigenvalue weighted by molar-refractivity contribution is 6.31. The van der Waals surface area contributed by atoms with Crippen molar-refractivity contribution in [3.05, 3.63) is 82.1 Å². The van der Waals surface area contributed by atoms with Crippen LogP contribution in [0.15, 0.2) is 48.8 Å². The molecule has 2 N–H and O–H groups in total. The summed E-state index contributed by atoms with van der Waals surface area (Å²) in [5, 5.41) is 5.59. The summed E-state index contributed by atoms with van der Waals surface area (Å²) in [5.74, 6) is -1.86. The first-order valence-electron chi connectivity index (χ1n) is 12.9. The Morgan fingerprint density at radius 2 is 1.95 bits per heavy atom. The van der Waals surface area contributed by atoms with Crippen molar-refractivity contribution in [2.75, 3.05) is 12.4 Å². The van der Waals surface area contributed by atoms with Crippen LogP contribution in [0, 0.1) is 11.6 Å². The molecule has 1 saturated heterocycles. The van der Waals surface area contributed by atoms with Crippen molar-refractivity contribution in [1.82, 2.24) is 20.2 Å². The van der Waals surface area contributed by atoms with Crippen LogP contribution in [-0.2, 0) is 22.7 Å². The van der Waals surface area contributed by atoms with Gasteiger partial charge in [-0.3, -0.25) is 19.7 Å². The monoisotopic (exact) mass is 593 g/mol. The number of carbonyl (C=O) groups is 3. The third-order valence-electron chi connectivity index (χ3n) is 7.20. The molecule has 13 heteroatoms. The number of nitrogens with zero attached hydrogens (tertiary/aromatic N) is 3. The molecule has 214 valence electrons. The number of amides is 3. The Morgan fingerprint density at radius 3 is 2.74 bits per heavy atom. The first-order valence-corrected chi connectivity index (χ1v) is 13.2. The van der Waals surface area contributed by atoms with Crippen LogP contribution in [0.2, 0.25) is 5.02 Å². The van der Waals surface area contributed by atoms with Crippen molar-refractivity contribution >= 4 is 51.7 Å². The second-order valence-electron chi connectivity index (χ2n) is 9.76. The number of aromatic nitrogens is 2. The average molecular weight is 594 g/mol. The van der Waals surface area contributed by atoms with Crippen molar-refractivity contribution in [3.8, 4) is 11.5 Å². The van der Waals surface area contributed by atoms with E-state index in [1.165, 1.54) is 36.5 Å². The van der Waals surface area contributed by atoms with Gasteiger partial charge in [0.05, 0.1) is 23.3 Å². The Balaban J connectivity index is 1.26. The molecule has 0 bridgehead atoms. The molecule has 0 aliphatic carbocycles. The predicted molar refractivity (Wildman–Crippen MR) is 148 cm³/mol. The number of hydrogen-bond acceptors (Lipinski definition) is 8. The van der Waals surface area contributed by atoms with E-state index in [-0.39, 0.29) is 65.3 Å². The minimum atomic E-state index is -0.808. The van der Waals surface area contributed by atoms with Crippen LogP contribution in [0.5, 0.6) is 11.5 Å². The van der Waals surface area contributed by atoms with Gasteiger partial charge in [-0.15, -0.1) is 0 Å². The lowest BCUT2D eigenvalue weighted by Gasteiger charge is -2.29. The number of fused-ring (bicyclic) bond motifs is 2. The molecule has 3 heterocycles. The fourth-order valence-electron chi connectivity index (χ4n) is 5.07. The largest absolute Gasteiger partial charge is 0.493 e. The Bertz CT molecular complexity index is 1790. The Kier molecular flexibility index (Phi) is 7.07. The lowest BCUT2D eigenvalue weighted by molar-refractivity contribution is -0.136. The van der Waals surface area contributed by atoms with Gasteiger partial charge in [-0.1, -0.05) is 17.7 Å². The van der Waals surface area contributed by atoms with Gasteiger partial charge in [-0.25, -0.2) is 18.7 Å². The first-order chi connectivity index (χ1) is 20.2. The Morgan fingerprint density at radius 1 is 1.12 bits per heavy atom. The molecule has 3 amide bonds. The lowest BCUT2D eigenvalue weighted by Crippen LogP contribution is -2.52. The molecule has 2 aliphatic rings. The van der Waals surface area contributed by atoms with E-state index in [4.69, 9.17) is 21.1 Å². The number of carbonyl (C=O) groups excluding carboxylic acids is 3. The smallest absolute Gasteiger partial charge is 0.255 e. The molecule has 10 nitrogen and oxygen atoms in total. The van der Waals surface area contributed by atoms with E-state index in [0.717, 1.165) is 6.07 Å². The van der Waals surface area contributed by atoms with Crippen molar-refractivity contribution in [2.45, 2.75) is 32.0 Å². The summed E-state index contributed by atoms with van der Waals surface area (Å²) in [4.78, 5) is 46.7. The lowest BCUT2D eigenvalue weighted by atomic mass is 10.0. The van der Waals surface area contributed by atoms with Crippen LogP contribution >= 0.6 is 11.6 Å². The highest BCUT2D eigenvalue weighted by Crippen LogP contribution is 2.37. The molecule has 4 aromatic rings. The summed E-state index contributed by atoms with van der Waals surface area (Å²) in [5.41, 5.74) is 1.47. The number of nitrogens with one attached hydrogen (secondary N) is 2. The van der Waals surface area contributed by atoms with Crippen molar-refractivity contribution in [2.24, 2.45) is 0 Å². The number of piperidine rings is 1. The van der Waals surface area contributed by atoms with Crippen LogP contribution < -0.4 is 20.1 Å². The summed E-state index contributed by atoms with van der Waals surface area (Å²) < 4.78 is 41.1. The topological polar surface area (TPSA) is 123 Å². The van der Waals surface area contributed by atoms with E-state index in [0.29, 0.717) is 22.2 Å². The van der Waals surface area contributed by atoms with Crippen molar-refractivity contribution in [3.63, 3.8) is 0 Å². The summed E-state index contributed by atoms with van der Waals surface area (Å²) in [7, 11) is 1.45. The average Bonchev–Trinajstić information content (AvgIpc) is 3.28. The molecular weight excluding hydrogens is 572 g/mol. The van der Waals surface area contributed by atoms with E-state index in [1.807, 2.05) is 0 Å². The molecule has 6 rings (SSSR count). The second kappa shape index (κ2) is 10.9. The van der Waals surface area contributed by atoms with E-state index in [1.54, 1.807) is 18.2 Å². The molecule has 1 fully saturated rings. The highest BCUT2D eigenvalue weighted by atomic mass is 35.5. The number of benzene rings is 3. The van der Waals surface area contributed by atoms with Gasteiger partial charge in [-0.2, -0.15) is 0 Å². The molecule has 42 heavy (non-hydrogen) atoms. The molecular formula is C29H22ClF2N5O5. The second-order valence-corrected chi connectivity index (χ2v) is 10.2. The zero-order valence-corrected chi connectivity index (χ0v) is 22.8. The molecule has 0 radical (unpaired) electrons. The fraction of sp³-hybridized carbons (Fsp3) is 0.207. The molecule has 2 aliphatic heterocycles. The van der Waals surface area contributed by atoms with Crippen LogP contribution in [0.3, 0.4) is 0 Å². The number of halogens is 3. The SMILES string of the molecule is COc1cc2ncnc(Nc3cccc(Cl)c3F)c2cc1OCc1cc2c(cc1F)C(=O)N(C1CCC(=O)NC1=O)C2. The maximum atomic E-state index is 15.1. The number of imide groups is 1. The van der Waals surface area contributed by atoms with Gasteiger partial charge >= 0.3 is 0 Å². The van der Waals surface area contributed by atoms with Gasteiger partial charge in [0.25, 0.3) is 5.91 Å². The van der Waals surface area contributed by atoms with Crippen molar-refractivity contribution < 1.29 is 32.6 Å². The number of hydrogen-bond donors (Lipinski definition) is 2. The summed E-state index contributed by atoms with van der Waals surface area (Å²) in [6.45, 7) is -0.119. The maximum Gasteiger partial charge on any atom is 0.255 e. The number of anilines is 2.